The van der Waals surface area contributed by atoms with Crippen LogP contribution in [0.3, 0.4) is 0 Å². The predicted molar refractivity (Wildman–Crippen MR) is 138 cm³/mol. The molecular weight excluding hydrogens is 408 g/mol. The molecule has 0 aromatic heterocycles. The van der Waals surface area contributed by atoms with Gasteiger partial charge in [-0.3, -0.25) is 0 Å². The van der Waals surface area contributed by atoms with Crippen molar-refractivity contribution in [3.8, 4) is 0 Å². The van der Waals surface area contributed by atoms with Crippen molar-refractivity contribution in [1.29, 1.82) is 0 Å². The molecule has 168 valence electrons. The minimum absolute atomic E-state index is 0.0416. The summed E-state index contributed by atoms with van der Waals surface area (Å²) in [6, 6.07) is 31.9. The van der Waals surface area contributed by atoms with Crippen LogP contribution < -0.4 is 10.4 Å². The van der Waals surface area contributed by atoms with Gasteiger partial charge in [0.1, 0.15) is 0 Å². The van der Waals surface area contributed by atoms with Crippen molar-refractivity contribution in [2.75, 3.05) is 6.61 Å². The van der Waals surface area contributed by atoms with Gasteiger partial charge in [0.05, 0.1) is 12.7 Å². The van der Waals surface area contributed by atoms with Gasteiger partial charge in [-0.2, -0.15) is 0 Å². The molecule has 0 heterocycles. The predicted octanol–water partition coefficient (Wildman–Crippen LogP) is 6.11. The average Bonchev–Trinajstić information content (AvgIpc) is 2.81. The fraction of sp³-hybridized carbons (Fsp3) is 0.310. The summed E-state index contributed by atoms with van der Waals surface area (Å²) in [5.41, 5.74) is 1.20. The summed E-state index contributed by atoms with van der Waals surface area (Å²) in [6.45, 7) is 12.2. The molecule has 32 heavy (non-hydrogen) atoms. The van der Waals surface area contributed by atoms with Crippen molar-refractivity contribution in [3.05, 3.63) is 109 Å². The lowest BCUT2D eigenvalue weighted by Crippen LogP contribution is -2.67. The molecule has 0 N–H and O–H groups in total. The molecule has 0 fully saturated rings. The van der Waals surface area contributed by atoms with Gasteiger partial charge in [-0.25, -0.2) is 0 Å². The van der Waals surface area contributed by atoms with Gasteiger partial charge < -0.3 is 9.16 Å². The molecule has 0 spiro atoms. The lowest BCUT2D eigenvalue weighted by Gasteiger charge is -2.45. The number of hydrogen-bond donors (Lipinski definition) is 0. The van der Waals surface area contributed by atoms with E-state index in [-0.39, 0.29) is 11.1 Å². The Kier molecular flexibility index (Phi) is 8.63. The molecule has 2 nitrogen and oxygen atoms in total. The summed E-state index contributed by atoms with van der Waals surface area (Å²) in [5.74, 6) is 0. The molecule has 0 aliphatic rings. The topological polar surface area (TPSA) is 18.5 Å². The van der Waals surface area contributed by atoms with Crippen LogP contribution in [0.15, 0.2) is 104 Å². The Bertz CT molecular complexity index is 894. The highest BCUT2D eigenvalue weighted by atomic mass is 28.4. The van der Waals surface area contributed by atoms with Crippen LogP contribution in [0.25, 0.3) is 0 Å². The van der Waals surface area contributed by atoms with Gasteiger partial charge in [0.15, 0.2) is 0 Å². The van der Waals surface area contributed by atoms with Crippen LogP contribution in [0.1, 0.15) is 39.2 Å². The Balaban J connectivity index is 1.86. The second-order valence-corrected chi connectivity index (χ2v) is 13.5. The Morgan fingerprint density at radius 2 is 1.31 bits per heavy atom. The van der Waals surface area contributed by atoms with E-state index in [1.807, 2.05) is 24.3 Å². The van der Waals surface area contributed by atoms with Crippen molar-refractivity contribution >= 4 is 18.7 Å². The first kappa shape index (κ1) is 24.2. The quantitative estimate of drug-likeness (QED) is 0.202. The molecule has 0 saturated heterocycles. The first-order valence-corrected chi connectivity index (χ1v) is 13.4. The maximum absolute atomic E-state index is 7.26. The molecule has 0 aliphatic carbocycles. The Morgan fingerprint density at radius 3 is 1.78 bits per heavy atom. The zero-order valence-corrected chi connectivity index (χ0v) is 20.7. The van der Waals surface area contributed by atoms with Gasteiger partial charge in [-0.1, -0.05) is 118 Å². The van der Waals surface area contributed by atoms with E-state index in [1.54, 1.807) is 0 Å². The molecule has 0 aliphatic heterocycles. The minimum atomic E-state index is -2.58. The van der Waals surface area contributed by atoms with E-state index < -0.39 is 8.32 Å². The summed E-state index contributed by atoms with van der Waals surface area (Å²) < 4.78 is 13.3. The van der Waals surface area contributed by atoms with Crippen molar-refractivity contribution in [2.24, 2.45) is 0 Å². The van der Waals surface area contributed by atoms with Crippen LogP contribution in [-0.4, -0.2) is 21.0 Å². The maximum Gasteiger partial charge on any atom is 0.261 e. The van der Waals surface area contributed by atoms with Crippen LogP contribution >= 0.6 is 0 Å². The number of ether oxygens (including phenoxy) is 1. The average molecular weight is 445 g/mol. The van der Waals surface area contributed by atoms with E-state index in [0.717, 1.165) is 12.8 Å². The third-order valence-corrected chi connectivity index (χ3v) is 11.0. The lowest BCUT2D eigenvalue weighted by atomic mass is 10.2. The summed E-state index contributed by atoms with van der Waals surface area (Å²) in [6.07, 6.45) is 3.66. The maximum atomic E-state index is 7.26. The molecule has 0 amide bonds. The van der Waals surface area contributed by atoms with E-state index >= 15 is 0 Å². The standard InChI is InChI=1S/C29H36O2Si/c1-5-15-26(22-23-30-24-25-16-9-6-10-17-25)31-32(29(2,3)4,27-18-11-7-12-19-27)28-20-13-8-14-21-28/h5-14,16-21,26H,1,15,22-24H2,2-4H3/t26-/m1/s1. The second kappa shape index (κ2) is 11.4. The fourth-order valence-corrected chi connectivity index (χ4v) is 9.06. The number of hydrogen-bond acceptors (Lipinski definition) is 2. The molecule has 1 atom stereocenters. The third-order valence-electron chi connectivity index (χ3n) is 5.89. The van der Waals surface area contributed by atoms with Gasteiger partial charge in [-0.15, -0.1) is 6.58 Å². The van der Waals surface area contributed by atoms with E-state index in [2.05, 4.69) is 100 Å². The molecule has 3 heteroatoms. The van der Waals surface area contributed by atoms with Crippen LogP contribution in [0.2, 0.25) is 5.04 Å². The van der Waals surface area contributed by atoms with Crippen molar-refractivity contribution < 1.29 is 9.16 Å². The molecule has 3 aromatic rings. The smallest absolute Gasteiger partial charge is 0.261 e. The highest BCUT2D eigenvalue weighted by Crippen LogP contribution is 2.38. The summed E-state index contributed by atoms with van der Waals surface area (Å²) >= 11 is 0. The Morgan fingerprint density at radius 1 is 0.812 bits per heavy atom. The molecule has 3 aromatic carbocycles. The Hall–Kier alpha value is -2.46. The van der Waals surface area contributed by atoms with Gasteiger partial charge >= 0.3 is 0 Å². The van der Waals surface area contributed by atoms with Gasteiger partial charge in [0.2, 0.25) is 0 Å². The van der Waals surface area contributed by atoms with E-state index in [1.165, 1.54) is 15.9 Å². The minimum Gasteiger partial charge on any atom is -0.404 e. The SMILES string of the molecule is C=CC[C@H](CCOCc1ccccc1)O[Si](c1ccccc1)(c1ccccc1)C(C)(C)C. The van der Waals surface area contributed by atoms with Crippen LogP contribution in [0, 0.1) is 0 Å². The van der Waals surface area contributed by atoms with Gasteiger partial charge in [0.25, 0.3) is 8.32 Å². The van der Waals surface area contributed by atoms with Gasteiger partial charge in [0, 0.05) is 6.61 Å². The van der Waals surface area contributed by atoms with Crippen LogP contribution in [0.5, 0.6) is 0 Å². The normalized spacial score (nSPS) is 13.0. The fourth-order valence-electron chi connectivity index (χ4n) is 4.33. The lowest BCUT2D eigenvalue weighted by molar-refractivity contribution is 0.0799. The molecular formula is C29H36O2Si. The van der Waals surface area contributed by atoms with Crippen molar-refractivity contribution in [3.63, 3.8) is 0 Å². The molecule has 3 rings (SSSR count). The first-order valence-electron chi connectivity index (χ1n) is 11.5. The summed E-state index contributed by atoms with van der Waals surface area (Å²) in [4.78, 5) is 0. The zero-order chi connectivity index (χ0) is 22.9. The monoisotopic (exact) mass is 444 g/mol. The molecule has 0 bridgehead atoms. The highest BCUT2D eigenvalue weighted by molar-refractivity contribution is 6.99. The molecule has 0 unspecified atom stereocenters. The second-order valence-electron chi connectivity index (χ2n) is 9.25. The summed E-state index contributed by atoms with van der Waals surface area (Å²) in [5, 5.41) is 2.57. The molecule has 0 saturated carbocycles. The van der Waals surface area contributed by atoms with Crippen molar-refractivity contribution in [2.45, 2.75) is 51.4 Å². The van der Waals surface area contributed by atoms with Crippen LogP contribution in [-0.2, 0) is 15.8 Å². The highest BCUT2D eigenvalue weighted by Gasteiger charge is 2.51. The van der Waals surface area contributed by atoms with Crippen LogP contribution in [0.4, 0.5) is 0 Å². The number of benzene rings is 3. The largest absolute Gasteiger partial charge is 0.404 e. The van der Waals surface area contributed by atoms with E-state index in [9.17, 15) is 0 Å². The number of rotatable bonds is 11. The summed E-state index contributed by atoms with van der Waals surface area (Å²) in [7, 11) is -2.58. The van der Waals surface area contributed by atoms with E-state index in [0.29, 0.717) is 13.2 Å². The van der Waals surface area contributed by atoms with E-state index in [4.69, 9.17) is 9.16 Å². The molecule has 0 radical (unpaired) electrons. The zero-order valence-electron chi connectivity index (χ0n) is 19.7. The first-order chi connectivity index (χ1) is 15.5. The third kappa shape index (κ3) is 5.86. The van der Waals surface area contributed by atoms with Crippen molar-refractivity contribution in [1.82, 2.24) is 0 Å². The Labute approximate surface area is 195 Å². The van der Waals surface area contributed by atoms with Gasteiger partial charge in [-0.05, 0) is 33.8 Å².